The van der Waals surface area contributed by atoms with E-state index in [2.05, 4.69) is 0 Å². The highest BCUT2D eigenvalue weighted by Crippen LogP contribution is 2.47. The third-order valence-corrected chi connectivity index (χ3v) is 5.24. The van der Waals surface area contributed by atoms with E-state index in [9.17, 15) is 24.3 Å². The largest absolute Gasteiger partial charge is 0.480 e. The number of aliphatic carboxylic acids is 1. The molecule has 0 aliphatic heterocycles. The van der Waals surface area contributed by atoms with Crippen molar-refractivity contribution in [3.05, 3.63) is 22.5 Å². The average Bonchev–Trinajstić information content (AvgIpc) is 2.51. The fourth-order valence-corrected chi connectivity index (χ4v) is 3.52. The van der Waals surface area contributed by atoms with Gasteiger partial charge in [-0.1, -0.05) is 62.3 Å². The lowest BCUT2D eigenvalue weighted by Gasteiger charge is -2.44. The first-order valence-electron chi connectivity index (χ1n) is 9.78. The van der Waals surface area contributed by atoms with E-state index < -0.39 is 56.7 Å². The molecule has 8 heteroatoms. The van der Waals surface area contributed by atoms with Gasteiger partial charge in [0.1, 0.15) is 0 Å². The first-order valence-corrected chi connectivity index (χ1v) is 9.78. The molecule has 1 aliphatic rings. The van der Waals surface area contributed by atoms with Crippen LogP contribution in [0.25, 0.3) is 0 Å². The van der Waals surface area contributed by atoms with Crippen LogP contribution in [0.3, 0.4) is 0 Å². The molecule has 0 heterocycles. The third-order valence-electron chi connectivity index (χ3n) is 5.24. The van der Waals surface area contributed by atoms with Crippen molar-refractivity contribution >= 4 is 23.3 Å². The van der Waals surface area contributed by atoms with Crippen LogP contribution in [-0.2, 0) is 19.2 Å². The summed E-state index contributed by atoms with van der Waals surface area (Å²) in [4.78, 5) is 52.6. The van der Waals surface area contributed by atoms with Crippen LogP contribution in [0.4, 0.5) is 0 Å². The summed E-state index contributed by atoms with van der Waals surface area (Å²) in [5, 5.41) is 10.3. The molecule has 168 valence electrons. The van der Waals surface area contributed by atoms with Crippen LogP contribution in [0.5, 0.6) is 0 Å². The van der Waals surface area contributed by atoms with Crippen LogP contribution in [0.2, 0.25) is 0 Å². The lowest BCUT2D eigenvalue weighted by Crippen LogP contribution is -2.63. The third kappa shape index (κ3) is 3.80. The minimum atomic E-state index is -2.51. The molecule has 0 saturated heterocycles. The minimum absolute atomic E-state index is 0.260. The summed E-state index contributed by atoms with van der Waals surface area (Å²) in [7, 11) is 0. The molecule has 1 aliphatic carbocycles. The Hall–Kier alpha value is -2.48. The van der Waals surface area contributed by atoms with E-state index in [0.29, 0.717) is 0 Å². The summed E-state index contributed by atoms with van der Waals surface area (Å²) >= 11 is 0. The van der Waals surface area contributed by atoms with Gasteiger partial charge in [0.15, 0.2) is 22.8 Å². The van der Waals surface area contributed by atoms with Crippen LogP contribution in [0.1, 0.15) is 62.3 Å². The van der Waals surface area contributed by atoms with Crippen molar-refractivity contribution in [2.75, 3.05) is 0 Å². The summed E-state index contributed by atoms with van der Waals surface area (Å²) in [5.74, 6) is -3.56. The Labute approximate surface area is 177 Å². The van der Waals surface area contributed by atoms with Gasteiger partial charge < -0.3 is 22.3 Å². The molecule has 0 radical (unpaired) electrons. The molecule has 0 aromatic rings. The van der Waals surface area contributed by atoms with Crippen LogP contribution in [0, 0.1) is 21.7 Å². The van der Waals surface area contributed by atoms with Gasteiger partial charge in [0.25, 0.3) is 0 Å². The second-order valence-corrected chi connectivity index (χ2v) is 10.9. The fraction of sp³-hybridized carbons (Fsp3) is 0.636. The molecular weight excluding hydrogens is 386 g/mol. The Morgan fingerprint density at radius 3 is 1.50 bits per heavy atom. The lowest BCUT2D eigenvalue weighted by molar-refractivity contribution is -0.156. The molecule has 1 rings (SSSR count). The van der Waals surface area contributed by atoms with Gasteiger partial charge in [0.2, 0.25) is 0 Å². The average molecular weight is 422 g/mol. The Kier molecular flexibility index (Phi) is 6.25. The van der Waals surface area contributed by atoms with Crippen molar-refractivity contribution in [1.29, 1.82) is 0 Å². The number of rotatable bonds is 4. The predicted molar refractivity (Wildman–Crippen MR) is 114 cm³/mol. The summed E-state index contributed by atoms with van der Waals surface area (Å²) in [6.07, 6.45) is 0. The Balaban J connectivity index is 4.24. The van der Waals surface area contributed by atoms with Crippen molar-refractivity contribution in [3.63, 3.8) is 0 Å². The number of hydrogen-bond donors (Lipinski definition) is 4. The summed E-state index contributed by atoms with van der Waals surface area (Å²) < 4.78 is 0. The molecule has 7 N–H and O–H groups in total. The highest BCUT2D eigenvalue weighted by atomic mass is 16.4. The van der Waals surface area contributed by atoms with Gasteiger partial charge in [-0.2, -0.15) is 0 Å². The number of carbonyl (C=O) groups is 4. The Morgan fingerprint density at radius 2 is 1.20 bits per heavy atom. The molecule has 0 aromatic carbocycles. The maximum absolute atomic E-state index is 13.5. The summed E-state index contributed by atoms with van der Waals surface area (Å²) in [5.41, 5.74) is 11.8. The van der Waals surface area contributed by atoms with E-state index in [1.165, 1.54) is 20.8 Å². The SMILES string of the molecule is CC(C)(C)C(=O)C1=C(N)C(C(=O)O)(C(=O)C(C)(C)C)C(N)C(C(=O)C(C)(C)C)=C1N. The first-order chi connectivity index (χ1) is 13.1. The molecular formula is C22H35N3O5. The number of carbonyl (C=O) groups excluding carboxylic acids is 3. The van der Waals surface area contributed by atoms with Gasteiger partial charge in [0, 0.05) is 27.5 Å². The number of hydrogen-bond acceptors (Lipinski definition) is 7. The van der Waals surface area contributed by atoms with Crippen molar-refractivity contribution < 1.29 is 24.3 Å². The van der Waals surface area contributed by atoms with Crippen LogP contribution in [-0.4, -0.2) is 34.5 Å². The number of Topliss-reactive ketones (excluding diaryl/α,β-unsaturated/α-hetero) is 3. The molecule has 0 spiro atoms. The Bertz CT molecular complexity index is 876. The molecule has 0 bridgehead atoms. The first kappa shape index (κ1) is 25.6. The highest BCUT2D eigenvalue weighted by molar-refractivity contribution is 6.17. The normalized spacial score (nSPS) is 23.5. The Morgan fingerprint density at radius 1 is 0.800 bits per heavy atom. The van der Waals surface area contributed by atoms with Crippen molar-refractivity contribution in [2.45, 2.75) is 68.4 Å². The van der Waals surface area contributed by atoms with E-state index in [0.717, 1.165) is 0 Å². The number of ketones is 3. The van der Waals surface area contributed by atoms with Gasteiger partial charge in [0.05, 0.1) is 17.3 Å². The molecule has 30 heavy (non-hydrogen) atoms. The highest BCUT2D eigenvalue weighted by Gasteiger charge is 2.62. The molecule has 0 aromatic heterocycles. The number of carboxylic acid groups (broad SMARTS) is 1. The van der Waals surface area contributed by atoms with Gasteiger partial charge in [-0.25, -0.2) is 0 Å². The lowest BCUT2D eigenvalue weighted by atomic mass is 9.59. The van der Waals surface area contributed by atoms with Gasteiger partial charge in [-0.05, 0) is 0 Å². The number of nitrogens with two attached hydrogens (primary N) is 3. The van der Waals surface area contributed by atoms with Crippen molar-refractivity contribution in [3.8, 4) is 0 Å². The second-order valence-electron chi connectivity index (χ2n) is 10.9. The zero-order valence-electron chi connectivity index (χ0n) is 19.4. The monoisotopic (exact) mass is 421 g/mol. The van der Waals surface area contributed by atoms with Gasteiger partial charge >= 0.3 is 5.97 Å². The molecule has 2 unspecified atom stereocenters. The van der Waals surface area contributed by atoms with E-state index in [-0.39, 0.29) is 16.8 Å². The smallest absolute Gasteiger partial charge is 0.325 e. The van der Waals surface area contributed by atoms with Gasteiger partial charge in [-0.15, -0.1) is 0 Å². The van der Waals surface area contributed by atoms with Gasteiger partial charge in [-0.3, -0.25) is 19.2 Å². The number of allylic oxidation sites excluding steroid dienone is 1. The van der Waals surface area contributed by atoms with E-state index in [1.807, 2.05) is 0 Å². The molecule has 0 fully saturated rings. The quantitative estimate of drug-likeness (QED) is 0.497. The van der Waals surface area contributed by atoms with E-state index >= 15 is 0 Å². The minimum Gasteiger partial charge on any atom is -0.480 e. The second kappa shape index (κ2) is 7.34. The van der Waals surface area contributed by atoms with Crippen molar-refractivity contribution in [1.82, 2.24) is 0 Å². The molecule has 0 saturated carbocycles. The topological polar surface area (TPSA) is 167 Å². The zero-order chi connectivity index (χ0) is 24.2. The standard InChI is InChI=1S/C22H35N3O5/c1-19(2,3)15(26)10-12(23)11(16(27)20(4,5)6)14(25)22(13(10)24,18(29)30)17(28)21(7,8)9/h13H,23-25H2,1-9H3,(H,29,30). The van der Waals surface area contributed by atoms with E-state index in [1.54, 1.807) is 41.5 Å². The maximum Gasteiger partial charge on any atom is 0.325 e. The van der Waals surface area contributed by atoms with Crippen molar-refractivity contribution in [2.24, 2.45) is 38.9 Å². The molecule has 2 atom stereocenters. The molecule has 0 amide bonds. The zero-order valence-corrected chi connectivity index (χ0v) is 19.4. The summed E-state index contributed by atoms with van der Waals surface area (Å²) in [6, 6.07) is -1.65. The fourth-order valence-electron chi connectivity index (χ4n) is 3.52. The maximum atomic E-state index is 13.5. The predicted octanol–water partition coefficient (Wildman–Crippen LogP) is 1.67. The van der Waals surface area contributed by atoms with E-state index in [4.69, 9.17) is 17.2 Å². The van der Waals surface area contributed by atoms with Crippen LogP contribution < -0.4 is 17.2 Å². The summed E-state index contributed by atoms with van der Waals surface area (Å²) in [6.45, 7) is 14.2. The number of carboxylic acids is 1. The molecule has 8 nitrogen and oxygen atoms in total. The van der Waals surface area contributed by atoms with Crippen LogP contribution in [0.15, 0.2) is 22.5 Å². The van der Waals surface area contributed by atoms with Crippen LogP contribution >= 0.6 is 0 Å².